The van der Waals surface area contributed by atoms with Gasteiger partial charge < -0.3 is 15.0 Å². The largest absolute Gasteiger partial charge is 0.482 e. The van der Waals surface area contributed by atoms with Gasteiger partial charge in [-0.15, -0.1) is 0 Å². The second-order valence-corrected chi connectivity index (χ2v) is 9.66. The molecule has 0 spiro atoms. The molecule has 1 saturated heterocycles. The van der Waals surface area contributed by atoms with E-state index in [0.29, 0.717) is 35.8 Å². The van der Waals surface area contributed by atoms with Gasteiger partial charge in [0.05, 0.1) is 10.6 Å². The summed E-state index contributed by atoms with van der Waals surface area (Å²) in [7, 11) is -1.90. The number of anilines is 2. The Balaban J connectivity index is 1.48. The molecule has 4 rings (SSSR count). The van der Waals surface area contributed by atoms with Crippen LogP contribution in [0.3, 0.4) is 0 Å². The van der Waals surface area contributed by atoms with Crippen molar-refractivity contribution in [2.45, 2.75) is 30.6 Å². The van der Waals surface area contributed by atoms with Gasteiger partial charge in [-0.25, -0.2) is 8.42 Å². The third-order valence-electron chi connectivity index (χ3n) is 5.62. The number of fused-ring (bicyclic) bond motifs is 1. The van der Waals surface area contributed by atoms with E-state index < -0.39 is 10.0 Å². The number of amides is 2. The van der Waals surface area contributed by atoms with Crippen LogP contribution < -0.4 is 15.0 Å². The number of likely N-dealkylation sites (N-methyl/N-ethyl adjacent to an activating group) is 1. The van der Waals surface area contributed by atoms with Gasteiger partial charge in [0, 0.05) is 31.4 Å². The Morgan fingerprint density at radius 2 is 1.68 bits per heavy atom. The average molecular weight is 444 g/mol. The fourth-order valence-corrected chi connectivity index (χ4v) is 5.28. The Morgan fingerprint density at radius 3 is 2.35 bits per heavy atom. The minimum absolute atomic E-state index is 0.0261. The van der Waals surface area contributed by atoms with Gasteiger partial charge in [-0.1, -0.05) is 12.8 Å². The third kappa shape index (κ3) is 4.42. The second-order valence-electron chi connectivity index (χ2n) is 7.72. The maximum Gasteiger partial charge on any atom is 0.264 e. The molecule has 2 heterocycles. The van der Waals surface area contributed by atoms with Crippen LogP contribution in [0, 0.1) is 0 Å². The van der Waals surface area contributed by atoms with Gasteiger partial charge in [0.1, 0.15) is 5.75 Å². The first kappa shape index (κ1) is 21.3. The summed E-state index contributed by atoms with van der Waals surface area (Å²) in [6.45, 7) is 1.06. The third-order valence-corrected chi connectivity index (χ3v) is 7.54. The van der Waals surface area contributed by atoms with E-state index in [1.54, 1.807) is 41.7 Å². The van der Waals surface area contributed by atoms with E-state index in [1.165, 1.54) is 17.0 Å². The molecular weight excluding hydrogens is 418 g/mol. The van der Waals surface area contributed by atoms with E-state index in [9.17, 15) is 18.0 Å². The molecule has 0 saturated carbocycles. The van der Waals surface area contributed by atoms with E-state index in [2.05, 4.69) is 5.32 Å². The molecule has 1 N–H and O–H groups in total. The SMILES string of the molecule is CN1C(=O)COc2ccc(C(=O)Nc3ccc(S(=O)(=O)N4CCCCCC4)cc3)cc21. The van der Waals surface area contributed by atoms with Crippen molar-refractivity contribution < 1.29 is 22.7 Å². The van der Waals surface area contributed by atoms with Crippen LogP contribution in [0.15, 0.2) is 47.4 Å². The van der Waals surface area contributed by atoms with Crippen molar-refractivity contribution in [2.75, 3.05) is 37.0 Å². The van der Waals surface area contributed by atoms with E-state index in [0.717, 1.165) is 25.7 Å². The lowest BCUT2D eigenvalue weighted by Gasteiger charge is -2.26. The van der Waals surface area contributed by atoms with Gasteiger partial charge in [-0.2, -0.15) is 4.31 Å². The molecule has 9 heteroatoms. The number of carbonyl (C=O) groups excluding carboxylic acids is 2. The zero-order chi connectivity index (χ0) is 22.0. The van der Waals surface area contributed by atoms with Gasteiger partial charge >= 0.3 is 0 Å². The average Bonchev–Trinajstić information content (AvgIpc) is 3.07. The molecule has 164 valence electrons. The van der Waals surface area contributed by atoms with Crippen molar-refractivity contribution in [1.82, 2.24) is 4.31 Å². The van der Waals surface area contributed by atoms with Crippen LogP contribution in [-0.2, 0) is 14.8 Å². The highest BCUT2D eigenvalue weighted by Gasteiger charge is 2.26. The van der Waals surface area contributed by atoms with Crippen molar-refractivity contribution in [2.24, 2.45) is 0 Å². The first-order chi connectivity index (χ1) is 14.9. The highest BCUT2D eigenvalue weighted by molar-refractivity contribution is 7.89. The number of ether oxygens (including phenoxy) is 1. The Morgan fingerprint density at radius 1 is 1.00 bits per heavy atom. The molecule has 0 unspecified atom stereocenters. The zero-order valence-electron chi connectivity index (χ0n) is 17.3. The van der Waals surface area contributed by atoms with Crippen molar-refractivity contribution in [3.63, 3.8) is 0 Å². The Hall–Kier alpha value is -2.91. The highest BCUT2D eigenvalue weighted by atomic mass is 32.2. The summed E-state index contributed by atoms with van der Waals surface area (Å²) in [5.74, 6) is -0.00895. The summed E-state index contributed by atoms with van der Waals surface area (Å²) in [6.07, 6.45) is 3.85. The van der Waals surface area contributed by atoms with Gasteiger partial charge in [0.25, 0.3) is 11.8 Å². The molecule has 0 radical (unpaired) electrons. The summed E-state index contributed by atoms with van der Waals surface area (Å²) in [6, 6.07) is 11.1. The van der Waals surface area contributed by atoms with Crippen LogP contribution in [0.4, 0.5) is 11.4 Å². The molecule has 1 fully saturated rings. The van der Waals surface area contributed by atoms with Gasteiger partial charge in [0.15, 0.2) is 6.61 Å². The first-order valence-corrected chi connectivity index (χ1v) is 11.8. The lowest BCUT2D eigenvalue weighted by atomic mass is 10.1. The summed E-state index contributed by atoms with van der Waals surface area (Å²) < 4.78 is 32.7. The fourth-order valence-electron chi connectivity index (χ4n) is 3.76. The van der Waals surface area contributed by atoms with Crippen LogP contribution in [0.1, 0.15) is 36.0 Å². The molecule has 2 aliphatic rings. The number of sulfonamides is 1. The quantitative estimate of drug-likeness (QED) is 0.784. The summed E-state index contributed by atoms with van der Waals surface area (Å²) in [5.41, 5.74) is 1.38. The van der Waals surface area contributed by atoms with Crippen LogP contribution >= 0.6 is 0 Å². The van der Waals surface area contributed by atoms with E-state index >= 15 is 0 Å². The number of hydrogen-bond donors (Lipinski definition) is 1. The van der Waals surface area contributed by atoms with Gasteiger partial charge in [-0.3, -0.25) is 9.59 Å². The minimum Gasteiger partial charge on any atom is -0.482 e. The number of nitrogens with one attached hydrogen (secondary N) is 1. The molecule has 0 aromatic heterocycles. The van der Waals surface area contributed by atoms with Crippen LogP contribution in [0.2, 0.25) is 0 Å². The number of rotatable bonds is 4. The second kappa shape index (κ2) is 8.68. The smallest absolute Gasteiger partial charge is 0.264 e. The van der Waals surface area contributed by atoms with Gasteiger partial charge in [-0.05, 0) is 55.3 Å². The predicted molar refractivity (Wildman–Crippen MR) is 117 cm³/mol. The summed E-state index contributed by atoms with van der Waals surface area (Å²) in [5, 5.41) is 2.77. The van der Waals surface area contributed by atoms with E-state index in [4.69, 9.17) is 4.74 Å². The number of nitrogens with zero attached hydrogens (tertiary/aromatic N) is 2. The van der Waals surface area contributed by atoms with Crippen LogP contribution in [0.5, 0.6) is 5.75 Å². The molecule has 8 nitrogen and oxygen atoms in total. The molecule has 0 atom stereocenters. The Kier molecular flexibility index (Phi) is 5.97. The normalized spacial score (nSPS) is 17.5. The highest BCUT2D eigenvalue weighted by Crippen LogP contribution is 2.32. The summed E-state index contributed by atoms with van der Waals surface area (Å²) >= 11 is 0. The number of hydrogen-bond acceptors (Lipinski definition) is 5. The maximum absolute atomic E-state index is 12.9. The molecule has 2 aromatic carbocycles. The predicted octanol–water partition coefficient (Wildman–Crippen LogP) is 2.86. The van der Waals surface area contributed by atoms with Crippen molar-refractivity contribution >= 4 is 33.2 Å². The molecule has 2 amide bonds. The number of benzene rings is 2. The Bertz CT molecular complexity index is 1090. The minimum atomic E-state index is -3.54. The van der Waals surface area contributed by atoms with Crippen molar-refractivity contribution in [1.29, 1.82) is 0 Å². The summed E-state index contributed by atoms with van der Waals surface area (Å²) in [4.78, 5) is 26.2. The molecule has 0 bridgehead atoms. The first-order valence-electron chi connectivity index (χ1n) is 10.3. The monoisotopic (exact) mass is 443 g/mol. The fraction of sp³-hybridized carbons (Fsp3) is 0.364. The van der Waals surface area contributed by atoms with Crippen molar-refractivity contribution in [3.05, 3.63) is 48.0 Å². The lowest BCUT2D eigenvalue weighted by Crippen LogP contribution is -2.35. The zero-order valence-corrected chi connectivity index (χ0v) is 18.2. The number of carbonyl (C=O) groups is 2. The topological polar surface area (TPSA) is 96.0 Å². The molecule has 31 heavy (non-hydrogen) atoms. The molecule has 0 aliphatic carbocycles. The van der Waals surface area contributed by atoms with Crippen LogP contribution in [0.25, 0.3) is 0 Å². The van der Waals surface area contributed by atoms with Crippen molar-refractivity contribution in [3.8, 4) is 5.75 Å². The van der Waals surface area contributed by atoms with Crippen LogP contribution in [-0.4, -0.2) is 51.3 Å². The van der Waals surface area contributed by atoms with E-state index in [1.807, 2.05) is 0 Å². The van der Waals surface area contributed by atoms with E-state index in [-0.39, 0.29) is 23.3 Å². The maximum atomic E-state index is 12.9. The molecule has 2 aromatic rings. The molecular formula is C22H25N3O5S. The van der Waals surface area contributed by atoms with Gasteiger partial charge in [0.2, 0.25) is 10.0 Å². The molecule has 2 aliphatic heterocycles. The standard InChI is InChI=1S/C22H25N3O5S/c1-24-19-14-16(6-11-20(19)30-15-21(24)26)22(27)23-17-7-9-18(10-8-17)31(28,29)25-12-4-2-3-5-13-25/h6-11,14H,2-5,12-13,15H2,1H3,(H,23,27). The Labute approximate surface area is 181 Å². The lowest BCUT2D eigenvalue weighted by molar-refractivity contribution is -0.120.